The molecule has 148 valence electrons. The summed E-state index contributed by atoms with van der Waals surface area (Å²) in [6.45, 7) is 7.44. The normalized spacial score (nSPS) is 17.9. The summed E-state index contributed by atoms with van der Waals surface area (Å²) < 4.78 is 2.11. The van der Waals surface area contributed by atoms with E-state index in [2.05, 4.69) is 25.5 Å². The molecule has 28 heavy (non-hydrogen) atoms. The Kier molecular flexibility index (Phi) is 5.38. The Balaban J connectivity index is 1.36. The SMILES string of the molecule is CC(=O)N1CCN(C(=O)c2cn3c(n2)CCN(Cc2cccnc2)CC3)CC1. The van der Waals surface area contributed by atoms with Gasteiger partial charge in [-0.1, -0.05) is 6.07 Å². The summed E-state index contributed by atoms with van der Waals surface area (Å²) in [7, 11) is 0. The van der Waals surface area contributed by atoms with Crippen LogP contribution in [0.2, 0.25) is 0 Å². The molecule has 2 aromatic rings. The number of fused-ring (bicyclic) bond motifs is 1. The summed E-state index contributed by atoms with van der Waals surface area (Å²) in [5, 5.41) is 0. The number of carbonyl (C=O) groups is 2. The monoisotopic (exact) mass is 382 g/mol. The van der Waals surface area contributed by atoms with E-state index in [-0.39, 0.29) is 11.8 Å². The van der Waals surface area contributed by atoms with Crippen LogP contribution in [0.15, 0.2) is 30.7 Å². The van der Waals surface area contributed by atoms with Crippen molar-refractivity contribution in [2.45, 2.75) is 26.4 Å². The van der Waals surface area contributed by atoms with E-state index in [1.54, 1.807) is 22.9 Å². The highest BCUT2D eigenvalue weighted by molar-refractivity contribution is 5.92. The molecule has 0 aromatic carbocycles. The van der Waals surface area contributed by atoms with Crippen LogP contribution in [0.25, 0.3) is 0 Å². The number of hydrogen-bond acceptors (Lipinski definition) is 5. The molecule has 2 aliphatic heterocycles. The van der Waals surface area contributed by atoms with Crippen LogP contribution < -0.4 is 0 Å². The minimum Gasteiger partial charge on any atom is -0.339 e. The van der Waals surface area contributed by atoms with Gasteiger partial charge in [0.2, 0.25) is 5.91 Å². The zero-order valence-corrected chi connectivity index (χ0v) is 16.3. The second-order valence-corrected chi connectivity index (χ2v) is 7.42. The number of hydrogen-bond donors (Lipinski definition) is 0. The quantitative estimate of drug-likeness (QED) is 0.779. The van der Waals surface area contributed by atoms with Crippen molar-refractivity contribution in [1.82, 2.24) is 29.2 Å². The average molecular weight is 382 g/mol. The number of imidazole rings is 1. The van der Waals surface area contributed by atoms with E-state index in [0.717, 1.165) is 38.4 Å². The minimum absolute atomic E-state index is 0.0315. The molecule has 2 aromatic heterocycles. The first-order valence-corrected chi connectivity index (χ1v) is 9.82. The van der Waals surface area contributed by atoms with Crippen LogP contribution in [-0.4, -0.2) is 80.3 Å². The number of rotatable bonds is 3. The summed E-state index contributed by atoms with van der Waals surface area (Å²) in [5.41, 5.74) is 1.73. The van der Waals surface area contributed by atoms with Gasteiger partial charge in [-0.25, -0.2) is 4.98 Å². The summed E-state index contributed by atoms with van der Waals surface area (Å²) in [6, 6.07) is 4.06. The third-order valence-corrected chi connectivity index (χ3v) is 5.53. The molecule has 0 saturated carbocycles. The van der Waals surface area contributed by atoms with Crippen LogP contribution in [0, 0.1) is 0 Å². The number of piperazine rings is 1. The third kappa shape index (κ3) is 4.06. The van der Waals surface area contributed by atoms with Crippen molar-refractivity contribution in [3.8, 4) is 0 Å². The predicted octanol–water partition coefficient (Wildman–Crippen LogP) is 0.641. The topological polar surface area (TPSA) is 74.6 Å². The summed E-state index contributed by atoms with van der Waals surface area (Å²) in [5.74, 6) is 1.01. The van der Waals surface area contributed by atoms with Gasteiger partial charge < -0.3 is 14.4 Å². The second kappa shape index (κ2) is 8.10. The van der Waals surface area contributed by atoms with Gasteiger partial charge in [-0.2, -0.15) is 0 Å². The molecule has 1 saturated heterocycles. The van der Waals surface area contributed by atoms with Gasteiger partial charge in [-0.05, 0) is 11.6 Å². The first kappa shape index (κ1) is 18.6. The molecule has 0 bridgehead atoms. The van der Waals surface area contributed by atoms with Crippen LogP contribution in [0.1, 0.15) is 28.8 Å². The van der Waals surface area contributed by atoms with Crippen molar-refractivity contribution in [1.29, 1.82) is 0 Å². The standard InChI is InChI=1S/C20H26N6O2/c1-16(27)24-9-11-25(12-10-24)20(28)18-15-26-8-7-23(6-4-19(26)22-18)14-17-3-2-5-21-13-17/h2-3,5,13,15H,4,6-12,14H2,1H3. The van der Waals surface area contributed by atoms with Gasteiger partial charge in [0, 0.05) is 84.3 Å². The Bertz CT molecular complexity index is 816. The number of pyridine rings is 1. The lowest BCUT2D eigenvalue weighted by molar-refractivity contribution is -0.130. The van der Waals surface area contributed by atoms with Gasteiger partial charge in [-0.3, -0.25) is 19.5 Å². The Morgan fingerprint density at radius 1 is 1.04 bits per heavy atom. The Hall–Kier alpha value is -2.74. The lowest BCUT2D eigenvalue weighted by Crippen LogP contribution is -2.50. The number of aromatic nitrogens is 3. The van der Waals surface area contributed by atoms with Gasteiger partial charge >= 0.3 is 0 Å². The molecule has 0 atom stereocenters. The lowest BCUT2D eigenvalue weighted by Gasteiger charge is -2.33. The van der Waals surface area contributed by atoms with Crippen LogP contribution in [0.4, 0.5) is 0 Å². The molecule has 8 heteroatoms. The van der Waals surface area contributed by atoms with E-state index < -0.39 is 0 Å². The molecule has 2 amide bonds. The van der Waals surface area contributed by atoms with E-state index in [4.69, 9.17) is 0 Å². The Labute approximate surface area is 164 Å². The maximum atomic E-state index is 12.8. The molecule has 0 unspecified atom stereocenters. The maximum absolute atomic E-state index is 12.8. The first-order valence-electron chi connectivity index (χ1n) is 9.82. The number of amides is 2. The summed E-state index contributed by atoms with van der Waals surface area (Å²) in [6.07, 6.45) is 6.42. The van der Waals surface area contributed by atoms with Crippen LogP contribution in [0.3, 0.4) is 0 Å². The second-order valence-electron chi connectivity index (χ2n) is 7.42. The van der Waals surface area contributed by atoms with Gasteiger partial charge in [0.1, 0.15) is 11.5 Å². The lowest BCUT2D eigenvalue weighted by atomic mass is 10.2. The average Bonchev–Trinajstić information content (AvgIpc) is 3.04. The van der Waals surface area contributed by atoms with Gasteiger partial charge in [-0.15, -0.1) is 0 Å². The predicted molar refractivity (Wildman–Crippen MR) is 104 cm³/mol. The minimum atomic E-state index is -0.0315. The summed E-state index contributed by atoms with van der Waals surface area (Å²) in [4.78, 5) is 39.1. The fourth-order valence-electron chi connectivity index (χ4n) is 3.86. The molecule has 1 fully saturated rings. The smallest absolute Gasteiger partial charge is 0.274 e. The molecule has 0 spiro atoms. The van der Waals surface area contributed by atoms with Crippen LogP contribution >= 0.6 is 0 Å². The largest absolute Gasteiger partial charge is 0.339 e. The van der Waals surface area contributed by atoms with Crippen molar-refractivity contribution in [3.05, 3.63) is 47.8 Å². The first-order chi connectivity index (χ1) is 13.6. The van der Waals surface area contributed by atoms with Crippen molar-refractivity contribution in [2.75, 3.05) is 39.3 Å². The number of nitrogens with zero attached hydrogens (tertiary/aromatic N) is 6. The van der Waals surface area contributed by atoms with Crippen LogP contribution in [-0.2, 0) is 24.3 Å². The molecule has 0 N–H and O–H groups in total. The van der Waals surface area contributed by atoms with Gasteiger partial charge in [0.25, 0.3) is 5.91 Å². The van der Waals surface area contributed by atoms with Crippen molar-refractivity contribution in [3.63, 3.8) is 0 Å². The fourth-order valence-corrected chi connectivity index (χ4v) is 3.86. The van der Waals surface area contributed by atoms with Crippen molar-refractivity contribution >= 4 is 11.8 Å². The van der Waals surface area contributed by atoms with E-state index >= 15 is 0 Å². The van der Waals surface area contributed by atoms with Crippen molar-refractivity contribution in [2.24, 2.45) is 0 Å². The van der Waals surface area contributed by atoms with Crippen molar-refractivity contribution < 1.29 is 9.59 Å². The molecular formula is C20H26N6O2. The molecule has 0 radical (unpaired) electrons. The Morgan fingerprint density at radius 2 is 1.82 bits per heavy atom. The third-order valence-electron chi connectivity index (χ3n) is 5.53. The highest BCUT2D eigenvalue weighted by Crippen LogP contribution is 2.15. The molecule has 4 heterocycles. The van der Waals surface area contributed by atoms with E-state index in [1.807, 2.05) is 18.5 Å². The fraction of sp³-hybridized carbons (Fsp3) is 0.500. The summed E-state index contributed by atoms with van der Waals surface area (Å²) >= 11 is 0. The van der Waals surface area contributed by atoms with E-state index in [1.165, 1.54) is 5.56 Å². The van der Waals surface area contributed by atoms with Gasteiger partial charge in [0.15, 0.2) is 0 Å². The number of carbonyl (C=O) groups excluding carboxylic acids is 2. The zero-order valence-electron chi connectivity index (χ0n) is 16.3. The van der Waals surface area contributed by atoms with Crippen LogP contribution in [0.5, 0.6) is 0 Å². The van der Waals surface area contributed by atoms with Gasteiger partial charge in [0.05, 0.1) is 0 Å². The van der Waals surface area contributed by atoms with E-state index in [9.17, 15) is 9.59 Å². The van der Waals surface area contributed by atoms with E-state index in [0.29, 0.717) is 31.9 Å². The highest BCUT2D eigenvalue weighted by Gasteiger charge is 2.26. The molecular weight excluding hydrogens is 356 g/mol. The molecule has 2 aliphatic rings. The highest BCUT2D eigenvalue weighted by atomic mass is 16.2. The molecule has 0 aliphatic carbocycles. The molecule has 4 rings (SSSR count). The Morgan fingerprint density at radius 3 is 2.54 bits per heavy atom. The zero-order chi connectivity index (χ0) is 19.5. The molecule has 8 nitrogen and oxygen atoms in total. The maximum Gasteiger partial charge on any atom is 0.274 e.